The Labute approximate surface area is 98.9 Å². The van der Waals surface area contributed by atoms with E-state index in [1.54, 1.807) is 4.57 Å². The fourth-order valence-corrected chi connectivity index (χ4v) is 1.76. The summed E-state index contributed by atoms with van der Waals surface area (Å²) in [4.78, 5) is 4.38. The second-order valence-electron chi connectivity index (χ2n) is 3.43. The van der Waals surface area contributed by atoms with Crippen LogP contribution in [0.3, 0.4) is 0 Å². The van der Waals surface area contributed by atoms with E-state index in [2.05, 4.69) is 11.1 Å². The van der Waals surface area contributed by atoms with E-state index in [4.69, 9.17) is 16.9 Å². The molecule has 0 radical (unpaired) electrons. The van der Waals surface area contributed by atoms with Gasteiger partial charge in [-0.2, -0.15) is 5.26 Å². The van der Waals surface area contributed by atoms with Crippen molar-refractivity contribution in [1.82, 2.24) is 9.55 Å². The number of hydrogen-bond donors (Lipinski definition) is 0. The molecule has 0 aliphatic heterocycles. The Bertz CT molecular complexity index is 537. The first-order valence-electron chi connectivity index (χ1n) is 4.87. The lowest BCUT2D eigenvalue weighted by atomic mass is 10.2. The number of rotatable bonds is 2. The van der Waals surface area contributed by atoms with Crippen molar-refractivity contribution in [2.75, 3.05) is 0 Å². The molecule has 0 fully saturated rings. The number of halogens is 1. The summed E-state index contributed by atoms with van der Waals surface area (Å²) < 4.78 is 1.80. The van der Waals surface area contributed by atoms with Crippen molar-refractivity contribution in [2.45, 2.75) is 6.42 Å². The normalized spacial score (nSPS) is 10.1. The predicted octanol–water partition coefficient (Wildman–Crippen LogP) is 2.81. The molecule has 0 bridgehead atoms. The number of imidazole rings is 1. The highest BCUT2D eigenvalue weighted by Crippen LogP contribution is 2.24. The van der Waals surface area contributed by atoms with Gasteiger partial charge in [0.05, 0.1) is 18.2 Å². The molecule has 80 valence electrons. The molecule has 2 aromatic rings. The highest BCUT2D eigenvalue weighted by Gasteiger charge is 2.13. The Morgan fingerprint density at radius 3 is 2.69 bits per heavy atom. The molecule has 3 nitrogen and oxygen atoms in total. The minimum atomic E-state index is 0.236. The van der Waals surface area contributed by atoms with Gasteiger partial charge in [-0.3, -0.25) is 0 Å². The largest absolute Gasteiger partial charge is 0.318 e. The average molecular weight is 232 g/mol. The lowest BCUT2D eigenvalue weighted by Crippen LogP contribution is -1.91. The van der Waals surface area contributed by atoms with Gasteiger partial charge in [0.15, 0.2) is 0 Å². The fourth-order valence-electron chi connectivity index (χ4n) is 1.57. The molecule has 0 amide bonds. The molecule has 2 rings (SSSR count). The molecule has 0 saturated heterocycles. The molecule has 4 heteroatoms. The first-order chi connectivity index (χ1) is 7.74. The molecular weight excluding hydrogens is 222 g/mol. The van der Waals surface area contributed by atoms with Gasteiger partial charge in [0.1, 0.15) is 11.0 Å². The Morgan fingerprint density at radius 1 is 1.38 bits per heavy atom. The van der Waals surface area contributed by atoms with Crippen LogP contribution in [0.1, 0.15) is 5.69 Å². The lowest BCUT2D eigenvalue weighted by Gasteiger charge is -2.01. The van der Waals surface area contributed by atoms with Gasteiger partial charge >= 0.3 is 0 Å². The van der Waals surface area contributed by atoms with Crippen molar-refractivity contribution < 1.29 is 0 Å². The Balaban J connectivity index is 2.52. The van der Waals surface area contributed by atoms with Crippen LogP contribution >= 0.6 is 11.6 Å². The Morgan fingerprint density at radius 2 is 2.06 bits per heavy atom. The van der Waals surface area contributed by atoms with Gasteiger partial charge in [-0.1, -0.05) is 41.9 Å². The number of benzene rings is 1. The summed E-state index contributed by atoms with van der Waals surface area (Å²) in [6.07, 6.45) is 0.236. The zero-order valence-electron chi connectivity index (χ0n) is 8.81. The van der Waals surface area contributed by atoms with Gasteiger partial charge in [0, 0.05) is 12.6 Å². The van der Waals surface area contributed by atoms with Crippen LogP contribution in [0.5, 0.6) is 0 Å². The third-order valence-electron chi connectivity index (χ3n) is 2.37. The van der Waals surface area contributed by atoms with Crippen LogP contribution in [0.25, 0.3) is 11.4 Å². The molecule has 0 saturated carbocycles. The minimum Gasteiger partial charge on any atom is -0.318 e. The zero-order chi connectivity index (χ0) is 11.5. The summed E-state index contributed by atoms with van der Waals surface area (Å²) in [6.45, 7) is 0. The lowest BCUT2D eigenvalue weighted by molar-refractivity contribution is 0.924. The van der Waals surface area contributed by atoms with Crippen LogP contribution in [-0.2, 0) is 13.5 Å². The van der Waals surface area contributed by atoms with Crippen molar-refractivity contribution in [1.29, 1.82) is 5.26 Å². The Hall–Kier alpha value is -1.79. The van der Waals surface area contributed by atoms with E-state index in [-0.39, 0.29) is 6.42 Å². The third-order valence-corrected chi connectivity index (χ3v) is 2.84. The highest BCUT2D eigenvalue weighted by atomic mass is 35.5. The molecule has 0 unspecified atom stereocenters. The van der Waals surface area contributed by atoms with Crippen molar-refractivity contribution in [3.05, 3.63) is 41.2 Å². The molecule has 0 spiro atoms. The maximum atomic E-state index is 8.66. The fraction of sp³-hybridized carbons (Fsp3) is 0.167. The molecule has 0 aliphatic carbocycles. The molecule has 1 heterocycles. The smallest absolute Gasteiger partial charge is 0.141 e. The van der Waals surface area contributed by atoms with Crippen LogP contribution in [0.2, 0.25) is 5.15 Å². The van der Waals surface area contributed by atoms with Crippen LogP contribution in [0.4, 0.5) is 0 Å². The van der Waals surface area contributed by atoms with E-state index in [0.717, 1.165) is 11.4 Å². The number of aromatic nitrogens is 2. The van der Waals surface area contributed by atoms with Crippen molar-refractivity contribution in [3.8, 4) is 17.5 Å². The first-order valence-corrected chi connectivity index (χ1v) is 5.25. The van der Waals surface area contributed by atoms with Crippen molar-refractivity contribution in [2.24, 2.45) is 7.05 Å². The van der Waals surface area contributed by atoms with Gasteiger partial charge in [-0.05, 0) is 0 Å². The molecule has 0 N–H and O–H groups in total. The highest BCUT2D eigenvalue weighted by molar-refractivity contribution is 6.30. The van der Waals surface area contributed by atoms with Crippen LogP contribution in [-0.4, -0.2) is 9.55 Å². The van der Waals surface area contributed by atoms with Crippen molar-refractivity contribution in [3.63, 3.8) is 0 Å². The summed E-state index contributed by atoms with van der Waals surface area (Å²) in [7, 11) is 1.85. The zero-order valence-corrected chi connectivity index (χ0v) is 9.57. The van der Waals surface area contributed by atoms with E-state index in [9.17, 15) is 0 Å². The van der Waals surface area contributed by atoms with E-state index in [1.165, 1.54) is 0 Å². The maximum absolute atomic E-state index is 8.66. The summed E-state index contributed by atoms with van der Waals surface area (Å²) in [5.74, 6) is 0.788. The van der Waals surface area contributed by atoms with Gasteiger partial charge in [-0.25, -0.2) is 4.98 Å². The van der Waals surface area contributed by atoms with Gasteiger partial charge < -0.3 is 4.57 Å². The third kappa shape index (κ3) is 1.80. The monoisotopic (exact) mass is 231 g/mol. The second-order valence-corrected chi connectivity index (χ2v) is 3.79. The number of nitrogens with zero attached hydrogens (tertiary/aromatic N) is 3. The van der Waals surface area contributed by atoms with Crippen molar-refractivity contribution >= 4 is 11.6 Å². The van der Waals surface area contributed by atoms with Gasteiger partial charge in [0.2, 0.25) is 0 Å². The summed E-state index contributed by atoms with van der Waals surface area (Å²) in [6, 6.07) is 11.8. The summed E-state index contributed by atoms with van der Waals surface area (Å²) in [5, 5.41) is 9.19. The average Bonchev–Trinajstić information content (AvgIpc) is 2.59. The summed E-state index contributed by atoms with van der Waals surface area (Å²) >= 11 is 6.09. The van der Waals surface area contributed by atoms with Crippen LogP contribution < -0.4 is 0 Å². The topological polar surface area (TPSA) is 41.6 Å². The molecule has 0 aliphatic rings. The quantitative estimate of drug-likeness (QED) is 0.798. The standard InChI is InChI=1S/C12H10ClN3/c1-16-11(13)10(7-8-14)15-12(16)9-5-3-2-4-6-9/h2-6H,7H2,1H3. The van der Waals surface area contributed by atoms with E-state index in [1.807, 2.05) is 37.4 Å². The number of hydrogen-bond acceptors (Lipinski definition) is 2. The van der Waals surface area contributed by atoms with E-state index in [0.29, 0.717) is 10.8 Å². The molecule has 0 atom stereocenters. The van der Waals surface area contributed by atoms with Crippen LogP contribution in [0, 0.1) is 11.3 Å². The molecular formula is C12H10ClN3. The maximum Gasteiger partial charge on any atom is 0.141 e. The minimum absolute atomic E-state index is 0.236. The number of nitriles is 1. The molecule has 16 heavy (non-hydrogen) atoms. The molecule has 1 aromatic carbocycles. The van der Waals surface area contributed by atoms with Gasteiger partial charge in [0.25, 0.3) is 0 Å². The van der Waals surface area contributed by atoms with Crippen LogP contribution in [0.15, 0.2) is 30.3 Å². The first kappa shape index (κ1) is 10.7. The SMILES string of the molecule is Cn1c(-c2ccccc2)nc(CC#N)c1Cl. The van der Waals surface area contributed by atoms with Gasteiger partial charge in [-0.15, -0.1) is 0 Å². The predicted molar refractivity (Wildman–Crippen MR) is 63.0 cm³/mol. The summed E-state index contributed by atoms with van der Waals surface area (Å²) in [5.41, 5.74) is 1.63. The Kier molecular flexibility index (Phi) is 2.93. The second kappa shape index (κ2) is 4.38. The van der Waals surface area contributed by atoms with E-state index >= 15 is 0 Å². The van der Waals surface area contributed by atoms with E-state index < -0.39 is 0 Å². The molecule has 1 aromatic heterocycles.